The molecule has 0 aliphatic carbocycles. The molecule has 0 heterocycles. The molecule has 2 N–H and O–H groups in total. The minimum absolute atomic E-state index is 0.106. The SMILES string of the molecule is C=C(Br)CNCCC(=O)NCCC. The highest BCUT2D eigenvalue weighted by Gasteiger charge is 1.98. The Morgan fingerprint density at radius 2 is 2.15 bits per heavy atom. The van der Waals surface area contributed by atoms with Crippen LogP contribution in [-0.4, -0.2) is 25.5 Å². The van der Waals surface area contributed by atoms with Crippen LogP contribution in [-0.2, 0) is 4.79 Å². The number of hydrogen-bond donors (Lipinski definition) is 2. The molecule has 0 aliphatic rings. The topological polar surface area (TPSA) is 41.1 Å². The van der Waals surface area contributed by atoms with E-state index in [2.05, 4.69) is 33.1 Å². The molecular weight excluding hydrogens is 232 g/mol. The first-order chi connectivity index (χ1) is 6.16. The maximum atomic E-state index is 11.1. The van der Waals surface area contributed by atoms with E-state index in [4.69, 9.17) is 0 Å². The lowest BCUT2D eigenvalue weighted by atomic mass is 10.3. The summed E-state index contributed by atoms with van der Waals surface area (Å²) < 4.78 is 0.904. The highest BCUT2D eigenvalue weighted by molar-refractivity contribution is 9.11. The zero-order valence-corrected chi connectivity index (χ0v) is 9.61. The molecule has 13 heavy (non-hydrogen) atoms. The van der Waals surface area contributed by atoms with Crippen LogP contribution in [0.1, 0.15) is 19.8 Å². The maximum Gasteiger partial charge on any atom is 0.221 e. The smallest absolute Gasteiger partial charge is 0.221 e. The van der Waals surface area contributed by atoms with Gasteiger partial charge in [-0.25, -0.2) is 0 Å². The molecule has 0 atom stereocenters. The van der Waals surface area contributed by atoms with E-state index in [9.17, 15) is 4.79 Å². The van der Waals surface area contributed by atoms with Gasteiger partial charge in [0.25, 0.3) is 0 Å². The van der Waals surface area contributed by atoms with Crippen LogP contribution in [0.5, 0.6) is 0 Å². The average Bonchev–Trinajstić information content (AvgIpc) is 2.08. The van der Waals surface area contributed by atoms with Crippen LogP contribution in [0.2, 0.25) is 0 Å². The molecule has 0 spiro atoms. The van der Waals surface area contributed by atoms with E-state index in [1.807, 2.05) is 6.92 Å². The van der Waals surface area contributed by atoms with Crippen molar-refractivity contribution in [2.45, 2.75) is 19.8 Å². The fourth-order valence-electron chi connectivity index (χ4n) is 0.779. The number of amides is 1. The molecule has 0 saturated heterocycles. The highest BCUT2D eigenvalue weighted by atomic mass is 79.9. The van der Waals surface area contributed by atoms with E-state index < -0.39 is 0 Å². The van der Waals surface area contributed by atoms with Crippen LogP contribution >= 0.6 is 15.9 Å². The van der Waals surface area contributed by atoms with Crippen molar-refractivity contribution < 1.29 is 4.79 Å². The summed E-state index contributed by atoms with van der Waals surface area (Å²) in [7, 11) is 0. The summed E-state index contributed by atoms with van der Waals surface area (Å²) in [6.45, 7) is 7.88. The average molecular weight is 249 g/mol. The summed E-state index contributed by atoms with van der Waals surface area (Å²) in [5.41, 5.74) is 0. The third kappa shape index (κ3) is 9.56. The zero-order valence-electron chi connectivity index (χ0n) is 8.03. The predicted molar refractivity (Wildman–Crippen MR) is 58.9 cm³/mol. The van der Waals surface area contributed by atoms with Gasteiger partial charge in [0.1, 0.15) is 0 Å². The second kappa shape index (κ2) is 8.26. The number of carbonyl (C=O) groups is 1. The van der Waals surface area contributed by atoms with Gasteiger partial charge in [-0.05, 0) is 6.42 Å². The minimum Gasteiger partial charge on any atom is -0.356 e. The summed E-state index contributed by atoms with van der Waals surface area (Å²) in [4.78, 5) is 11.1. The largest absolute Gasteiger partial charge is 0.356 e. The minimum atomic E-state index is 0.106. The molecule has 4 heteroatoms. The number of halogens is 1. The van der Waals surface area contributed by atoms with Crippen molar-refractivity contribution >= 4 is 21.8 Å². The number of hydrogen-bond acceptors (Lipinski definition) is 2. The summed E-state index contributed by atoms with van der Waals surface area (Å²) >= 11 is 3.23. The summed E-state index contributed by atoms with van der Waals surface area (Å²) in [6, 6.07) is 0. The van der Waals surface area contributed by atoms with Gasteiger partial charge in [0, 0.05) is 30.5 Å². The molecule has 0 unspecified atom stereocenters. The van der Waals surface area contributed by atoms with Crippen molar-refractivity contribution in [1.82, 2.24) is 10.6 Å². The lowest BCUT2D eigenvalue weighted by Gasteiger charge is -2.04. The standard InChI is InChI=1S/C9H17BrN2O/c1-3-5-12-9(13)4-6-11-7-8(2)10/h11H,2-7H2,1H3,(H,12,13). The first-order valence-electron chi connectivity index (χ1n) is 4.47. The van der Waals surface area contributed by atoms with E-state index >= 15 is 0 Å². The molecule has 76 valence electrons. The van der Waals surface area contributed by atoms with Crippen molar-refractivity contribution in [2.24, 2.45) is 0 Å². The summed E-state index contributed by atoms with van der Waals surface area (Å²) in [5.74, 6) is 0.106. The highest BCUT2D eigenvalue weighted by Crippen LogP contribution is 1.96. The van der Waals surface area contributed by atoms with Crippen molar-refractivity contribution in [1.29, 1.82) is 0 Å². The summed E-state index contributed by atoms with van der Waals surface area (Å²) in [6.07, 6.45) is 1.51. The molecule has 0 rings (SSSR count). The molecule has 0 bridgehead atoms. The molecule has 0 aromatic rings. The molecule has 0 fully saturated rings. The van der Waals surface area contributed by atoms with E-state index in [0.717, 1.165) is 17.4 Å². The van der Waals surface area contributed by atoms with Crippen molar-refractivity contribution in [3.8, 4) is 0 Å². The van der Waals surface area contributed by atoms with Crippen LogP contribution in [0.25, 0.3) is 0 Å². The number of rotatable bonds is 7. The third-order valence-corrected chi connectivity index (χ3v) is 1.70. The van der Waals surface area contributed by atoms with Gasteiger partial charge in [-0.15, -0.1) is 0 Å². The first-order valence-corrected chi connectivity index (χ1v) is 5.26. The van der Waals surface area contributed by atoms with E-state index in [1.54, 1.807) is 0 Å². The number of nitrogens with one attached hydrogen (secondary N) is 2. The van der Waals surface area contributed by atoms with Crippen LogP contribution in [0, 0.1) is 0 Å². The van der Waals surface area contributed by atoms with Crippen molar-refractivity contribution in [3.63, 3.8) is 0 Å². The molecule has 0 radical (unpaired) electrons. The quantitative estimate of drug-likeness (QED) is 0.669. The van der Waals surface area contributed by atoms with Gasteiger partial charge >= 0.3 is 0 Å². The van der Waals surface area contributed by atoms with E-state index in [0.29, 0.717) is 19.5 Å². The molecule has 0 saturated carbocycles. The predicted octanol–water partition coefficient (Wildman–Crippen LogP) is 1.40. The molecular formula is C9H17BrN2O. The van der Waals surface area contributed by atoms with Crippen molar-refractivity contribution in [3.05, 3.63) is 11.1 Å². The Bertz CT molecular complexity index is 171. The second-order valence-electron chi connectivity index (χ2n) is 2.79. The van der Waals surface area contributed by atoms with Gasteiger partial charge in [-0.2, -0.15) is 0 Å². The Balaban J connectivity index is 3.22. The monoisotopic (exact) mass is 248 g/mol. The number of carbonyl (C=O) groups excluding carboxylic acids is 1. The Kier molecular flexibility index (Phi) is 8.04. The van der Waals surface area contributed by atoms with Gasteiger partial charge in [-0.3, -0.25) is 4.79 Å². The molecule has 1 amide bonds. The summed E-state index contributed by atoms with van der Waals surface area (Å²) in [5, 5.41) is 5.89. The molecule has 3 nitrogen and oxygen atoms in total. The van der Waals surface area contributed by atoms with E-state index in [-0.39, 0.29) is 5.91 Å². The fourth-order valence-corrected chi connectivity index (χ4v) is 0.977. The maximum absolute atomic E-state index is 11.1. The van der Waals surface area contributed by atoms with Crippen LogP contribution in [0.4, 0.5) is 0 Å². The Hall–Kier alpha value is -0.350. The zero-order chi connectivity index (χ0) is 10.1. The lowest BCUT2D eigenvalue weighted by molar-refractivity contribution is -0.120. The third-order valence-electron chi connectivity index (χ3n) is 1.42. The van der Waals surface area contributed by atoms with Gasteiger partial charge in [-0.1, -0.05) is 29.4 Å². The lowest BCUT2D eigenvalue weighted by Crippen LogP contribution is -2.28. The van der Waals surface area contributed by atoms with Gasteiger partial charge in [0.2, 0.25) is 5.91 Å². The van der Waals surface area contributed by atoms with Crippen LogP contribution in [0.15, 0.2) is 11.1 Å². The first kappa shape index (κ1) is 12.7. The second-order valence-corrected chi connectivity index (χ2v) is 3.92. The normalized spacial score (nSPS) is 9.69. The fraction of sp³-hybridized carbons (Fsp3) is 0.667. The Labute approximate surface area is 88.1 Å². The molecule has 0 aromatic heterocycles. The Morgan fingerprint density at radius 3 is 2.69 bits per heavy atom. The molecule has 0 aromatic carbocycles. The molecule has 0 aliphatic heterocycles. The van der Waals surface area contributed by atoms with Crippen molar-refractivity contribution in [2.75, 3.05) is 19.6 Å². The van der Waals surface area contributed by atoms with Crippen LogP contribution in [0.3, 0.4) is 0 Å². The van der Waals surface area contributed by atoms with Gasteiger partial charge in [0.05, 0.1) is 0 Å². The Morgan fingerprint density at radius 1 is 1.46 bits per heavy atom. The van der Waals surface area contributed by atoms with Crippen LogP contribution < -0.4 is 10.6 Å². The van der Waals surface area contributed by atoms with Gasteiger partial charge < -0.3 is 10.6 Å². The van der Waals surface area contributed by atoms with E-state index in [1.165, 1.54) is 0 Å². The van der Waals surface area contributed by atoms with Gasteiger partial charge in [0.15, 0.2) is 0 Å².